The predicted molar refractivity (Wildman–Crippen MR) is 78.6 cm³/mol. The molecule has 1 aliphatic carbocycles. The van der Waals surface area contributed by atoms with Gasteiger partial charge < -0.3 is 4.74 Å². The lowest BCUT2D eigenvalue weighted by Crippen LogP contribution is -2.40. The average molecular weight is 324 g/mol. The maximum atomic E-state index is 12.3. The van der Waals surface area contributed by atoms with E-state index in [1.54, 1.807) is 4.90 Å². The lowest BCUT2D eigenvalue weighted by Gasteiger charge is -2.31. The topological polar surface area (TPSA) is 29.5 Å². The summed E-state index contributed by atoms with van der Waals surface area (Å²) in [5, 5.41) is 0. The highest BCUT2D eigenvalue weighted by Crippen LogP contribution is 2.56. The molecule has 2 atom stereocenters. The van der Waals surface area contributed by atoms with Gasteiger partial charge in [-0.3, -0.25) is 4.90 Å². The zero-order valence-corrected chi connectivity index (χ0v) is 13.0. The van der Waals surface area contributed by atoms with Crippen molar-refractivity contribution in [3.8, 4) is 0 Å². The Kier molecular flexibility index (Phi) is 2.89. The molecular weight excluding hydrogens is 306 g/mol. The Morgan fingerprint density at radius 3 is 2.84 bits per heavy atom. The molecule has 0 bridgehead atoms. The molecule has 1 amide bonds. The molecule has 1 heterocycles. The zero-order chi connectivity index (χ0) is 13.8. The van der Waals surface area contributed by atoms with Gasteiger partial charge in [0.05, 0.1) is 5.69 Å². The molecule has 0 radical (unpaired) electrons. The number of anilines is 1. The first kappa shape index (κ1) is 13.0. The van der Waals surface area contributed by atoms with E-state index in [1.807, 2.05) is 39.0 Å². The lowest BCUT2D eigenvalue weighted by atomic mass is 10.0. The van der Waals surface area contributed by atoms with Crippen molar-refractivity contribution >= 4 is 27.7 Å². The molecule has 0 aromatic heterocycles. The van der Waals surface area contributed by atoms with Crippen LogP contribution in [-0.2, 0) is 4.74 Å². The summed E-state index contributed by atoms with van der Waals surface area (Å²) in [5.74, 6) is 1.21. The average Bonchev–Trinajstić information content (AvgIpc) is 3.04. The van der Waals surface area contributed by atoms with Crippen LogP contribution in [0.15, 0.2) is 22.7 Å². The van der Waals surface area contributed by atoms with Gasteiger partial charge in [-0.2, -0.15) is 0 Å². The van der Waals surface area contributed by atoms with Gasteiger partial charge in [-0.1, -0.05) is 22.0 Å². The first-order chi connectivity index (χ1) is 8.87. The molecule has 0 spiro atoms. The molecule has 1 aromatic carbocycles. The molecular formula is C15H18BrNO2. The van der Waals surface area contributed by atoms with Gasteiger partial charge in [0, 0.05) is 11.0 Å². The van der Waals surface area contributed by atoms with Crippen LogP contribution in [-0.4, -0.2) is 18.2 Å². The fourth-order valence-corrected chi connectivity index (χ4v) is 3.40. The lowest BCUT2D eigenvalue weighted by molar-refractivity contribution is 0.0576. The van der Waals surface area contributed by atoms with Crippen molar-refractivity contribution < 1.29 is 9.53 Å². The minimum absolute atomic E-state index is 0.239. The Balaban J connectivity index is 1.94. The Morgan fingerprint density at radius 1 is 1.42 bits per heavy atom. The fraction of sp³-hybridized carbons (Fsp3) is 0.533. The van der Waals surface area contributed by atoms with Crippen molar-refractivity contribution in [3.05, 3.63) is 28.2 Å². The minimum atomic E-state index is -0.455. The van der Waals surface area contributed by atoms with E-state index in [9.17, 15) is 4.79 Å². The number of fused-ring (bicyclic) bond motifs is 3. The van der Waals surface area contributed by atoms with E-state index in [0.29, 0.717) is 11.8 Å². The number of ether oxygens (including phenoxy) is 1. The highest BCUT2D eigenvalue weighted by atomic mass is 79.9. The SMILES string of the molecule is CC(C)(C)OC(=O)N1CC2CC2c2c(Br)cccc21. The molecule has 19 heavy (non-hydrogen) atoms. The van der Waals surface area contributed by atoms with Crippen LogP contribution in [0.1, 0.15) is 38.7 Å². The summed E-state index contributed by atoms with van der Waals surface area (Å²) in [6.45, 7) is 6.48. The summed E-state index contributed by atoms with van der Waals surface area (Å²) in [7, 11) is 0. The number of hydrogen-bond donors (Lipinski definition) is 0. The molecule has 1 aliphatic heterocycles. The summed E-state index contributed by atoms with van der Waals surface area (Å²) < 4.78 is 6.62. The first-order valence-electron chi connectivity index (χ1n) is 6.66. The third-order valence-electron chi connectivity index (χ3n) is 3.65. The summed E-state index contributed by atoms with van der Waals surface area (Å²) in [6, 6.07) is 6.04. The number of carbonyl (C=O) groups is 1. The molecule has 2 unspecified atom stereocenters. The number of amides is 1. The molecule has 3 nitrogen and oxygen atoms in total. The second kappa shape index (κ2) is 4.23. The normalized spacial score (nSPS) is 24.5. The van der Waals surface area contributed by atoms with Crippen LogP contribution in [0.4, 0.5) is 10.5 Å². The third-order valence-corrected chi connectivity index (χ3v) is 4.34. The third kappa shape index (κ3) is 2.38. The highest BCUT2D eigenvalue weighted by molar-refractivity contribution is 9.10. The zero-order valence-electron chi connectivity index (χ0n) is 11.4. The van der Waals surface area contributed by atoms with Crippen molar-refractivity contribution in [2.75, 3.05) is 11.4 Å². The summed E-state index contributed by atoms with van der Waals surface area (Å²) in [6.07, 6.45) is 0.937. The molecule has 0 N–H and O–H groups in total. The van der Waals surface area contributed by atoms with Crippen LogP contribution in [0.25, 0.3) is 0 Å². The van der Waals surface area contributed by atoms with Crippen molar-refractivity contribution in [3.63, 3.8) is 0 Å². The monoisotopic (exact) mass is 323 g/mol. The van der Waals surface area contributed by atoms with Gasteiger partial charge in [-0.15, -0.1) is 0 Å². The maximum absolute atomic E-state index is 12.3. The highest BCUT2D eigenvalue weighted by Gasteiger charge is 2.48. The smallest absolute Gasteiger partial charge is 0.414 e. The van der Waals surface area contributed by atoms with Crippen LogP contribution in [0.2, 0.25) is 0 Å². The van der Waals surface area contributed by atoms with Gasteiger partial charge in [0.15, 0.2) is 0 Å². The molecule has 4 heteroatoms. The second-order valence-corrected chi connectivity index (χ2v) is 7.22. The Labute approximate surface area is 122 Å². The van der Waals surface area contributed by atoms with Gasteiger partial charge >= 0.3 is 6.09 Å². The Hall–Kier alpha value is -1.03. The van der Waals surface area contributed by atoms with Crippen molar-refractivity contribution in [2.45, 2.75) is 38.7 Å². The summed E-state index contributed by atoms with van der Waals surface area (Å²) in [4.78, 5) is 14.1. The predicted octanol–water partition coefficient (Wildman–Crippen LogP) is 4.31. The van der Waals surface area contributed by atoms with Crippen molar-refractivity contribution in [2.24, 2.45) is 5.92 Å². The van der Waals surface area contributed by atoms with E-state index in [4.69, 9.17) is 4.74 Å². The largest absolute Gasteiger partial charge is 0.443 e. The number of nitrogens with zero attached hydrogens (tertiary/aromatic N) is 1. The van der Waals surface area contributed by atoms with Gasteiger partial charge in [0.1, 0.15) is 5.60 Å². The van der Waals surface area contributed by atoms with E-state index in [-0.39, 0.29) is 6.09 Å². The van der Waals surface area contributed by atoms with Crippen molar-refractivity contribution in [1.29, 1.82) is 0 Å². The maximum Gasteiger partial charge on any atom is 0.414 e. The molecule has 1 fully saturated rings. The number of carbonyl (C=O) groups excluding carboxylic acids is 1. The van der Waals surface area contributed by atoms with E-state index in [1.165, 1.54) is 12.0 Å². The van der Waals surface area contributed by atoms with Crippen LogP contribution in [0, 0.1) is 5.92 Å². The van der Waals surface area contributed by atoms with E-state index in [0.717, 1.165) is 16.7 Å². The van der Waals surface area contributed by atoms with E-state index in [2.05, 4.69) is 15.9 Å². The first-order valence-corrected chi connectivity index (χ1v) is 7.45. The molecule has 1 aromatic rings. The van der Waals surface area contributed by atoms with Gasteiger partial charge in [0.2, 0.25) is 0 Å². The van der Waals surface area contributed by atoms with Crippen molar-refractivity contribution in [1.82, 2.24) is 0 Å². The Bertz CT molecular complexity index is 535. The quantitative estimate of drug-likeness (QED) is 0.712. The molecule has 0 saturated heterocycles. The number of rotatable bonds is 0. The standard InChI is InChI=1S/C15H18BrNO2/c1-15(2,3)19-14(18)17-8-9-7-10(9)13-11(16)5-4-6-12(13)17/h4-6,9-10H,7-8H2,1-3H3. The number of halogens is 1. The van der Waals surface area contributed by atoms with Crippen LogP contribution >= 0.6 is 15.9 Å². The summed E-state index contributed by atoms with van der Waals surface area (Å²) >= 11 is 3.61. The van der Waals surface area contributed by atoms with Crippen LogP contribution in [0.3, 0.4) is 0 Å². The van der Waals surface area contributed by atoms with Gasteiger partial charge in [-0.25, -0.2) is 4.79 Å². The number of benzene rings is 1. The van der Waals surface area contributed by atoms with Crippen LogP contribution < -0.4 is 4.90 Å². The molecule has 1 saturated carbocycles. The second-order valence-electron chi connectivity index (χ2n) is 6.37. The minimum Gasteiger partial charge on any atom is -0.443 e. The van der Waals surface area contributed by atoms with E-state index >= 15 is 0 Å². The van der Waals surface area contributed by atoms with Gasteiger partial charge in [-0.05, 0) is 56.7 Å². The molecule has 2 aliphatic rings. The number of hydrogen-bond acceptors (Lipinski definition) is 2. The van der Waals surface area contributed by atoms with Crippen LogP contribution in [0.5, 0.6) is 0 Å². The van der Waals surface area contributed by atoms with E-state index < -0.39 is 5.60 Å². The molecule has 3 rings (SSSR count). The van der Waals surface area contributed by atoms with Gasteiger partial charge in [0.25, 0.3) is 0 Å². The molecule has 102 valence electrons. The Morgan fingerprint density at radius 2 is 2.16 bits per heavy atom. The fourth-order valence-electron chi connectivity index (χ4n) is 2.75. The summed E-state index contributed by atoms with van der Waals surface area (Å²) in [5.41, 5.74) is 1.82.